The first-order valence-corrected chi connectivity index (χ1v) is 11.2. The van der Waals surface area contributed by atoms with Crippen LogP contribution < -0.4 is 4.74 Å². The van der Waals surface area contributed by atoms with E-state index in [2.05, 4.69) is 0 Å². The van der Waals surface area contributed by atoms with Gasteiger partial charge in [0.15, 0.2) is 0 Å². The SMILES string of the molecule is CC1Cc2cc(/C(O)=C3\C(=O)C(=O)N(CCc4ccccc4)C3c3ccccc3)ccc2O1. The molecule has 1 N–H and O–H groups in total. The fourth-order valence-electron chi connectivity index (χ4n) is 4.71. The number of aliphatic hydroxyl groups excluding tert-OH is 1. The molecule has 5 heteroatoms. The van der Waals surface area contributed by atoms with Gasteiger partial charge >= 0.3 is 0 Å². The van der Waals surface area contributed by atoms with Crippen molar-refractivity contribution >= 4 is 17.4 Å². The van der Waals surface area contributed by atoms with Crippen molar-refractivity contribution in [1.82, 2.24) is 4.90 Å². The monoisotopic (exact) mass is 439 g/mol. The van der Waals surface area contributed by atoms with E-state index in [-0.39, 0.29) is 17.4 Å². The lowest BCUT2D eigenvalue weighted by molar-refractivity contribution is -0.139. The van der Waals surface area contributed by atoms with E-state index in [1.807, 2.05) is 79.7 Å². The highest BCUT2D eigenvalue weighted by atomic mass is 16.5. The van der Waals surface area contributed by atoms with Crippen molar-refractivity contribution in [2.75, 3.05) is 6.54 Å². The summed E-state index contributed by atoms with van der Waals surface area (Å²) in [6.07, 6.45) is 1.43. The van der Waals surface area contributed by atoms with Gasteiger partial charge in [0.25, 0.3) is 11.7 Å². The summed E-state index contributed by atoms with van der Waals surface area (Å²) in [5, 5.41) is 11.3. The second-order valence-electron chi connectivity index (χ2n) is 8.59. The number of benzene rings is 3. The molecule has 2 unspecified atom stereocenters. The number of hydrogen-bond donors (Lipinski definition) is 1. The number of rotatable bonds is 5. The molecule has 0 aliphatic carbocycles. The van der Waals surface area contributed by atoms with Crippen molar-refractivity contribution in [1.29, 1.82) is 0 Å². The smallest absolute Gasteiger partial charge is 0.295 e. The molecule has 3 aromatic rings. The summed E-state index contributed by atoms with van der Waals surface area (Å²) in [6.45, 7) is 2.37. The number of ketones is 1. The summed E-state index contributed by atoms with van der Waals surface area (Å²) in [4.78, 5) is 27.9. The van der Waals surface area contributed by atoms with Crippen molar-refractivity contribution < 1.29 is 19.4 Å². The summed E-state index contributed by atoms with van der Waals surface area (Å²) in [7, 11) is 0. The molecule has 2 aliphatic rings. The van der Waals surface area contributed by atoms with E-state index in [0.717, 1.165) is 28.9 Å². The van der Waals surface area contributed by atoms with Crippen LogP contribution in [0.3, 0.4) is 0 Å². The second-order valence-corrected chi connectivity index (χ2v) is 8.59. The lowest BCUT2D eigenvalue weighted by Crippen LogP contribution is -2.31. The molecular formula is C28H25NO4. The third-order valence-electron chi connectivity index (χ3n) is 6.31. The van der Waals surface area contributed by atoms with Gasteiger partial charge in [-0.15, -0.1) is 0 Å². The van der Waals surface area contributed by atoms with E-state index in [4.69, 9.17) is 4.74 Å². The minimum atomic E-state index is -0.653. The van der Waals surface area contributed by atoms with Crippen LogP contribution in [0.15, 0.2) is 84.4 Å². The Hall–Kier alpha value is -3.86. The fourth-order valence-corrected chi connectivity index (χ4v) is 4.71. The minimum absolute atomic E-state index is 0.0743. The van der Waals surface area contributed by atoms with Gasteiger partial charge in [-0.1, -0.05) is 60.7 Å². The summed E-state index contributed by atoms with van der Waals surface area (Å²) in [5.41, 5.74) is 3.52. The van der Waals surface area contributed by atoms with Crippen LogP contribution in [0.4, 0.5) is 0 Å². The van der Waals surface area contributed by atoms with Gasteiger partial charge in [0, 0.05) is 18.5 Å². The van der Waals surface area contributed by atoms with Crippen molar-refractivity contribution in [2.24, 2.45) is 0 Å². The van der Waals surface area contributed by atoms with Crippen molar-refractivity contribution in [2.45, 2.75) is 31.9 Å². The van der Waals surface area contributed by atoms with E-state index in [9.17, 15) is 14.7 Å². The molecule has 0 saturated carbocycles. The number of likely N-dealkylation sites (tertiary alicyclic amines) is 1. The van der Waals surface area contributed by atoms with E-state index in [0.29, 0.717) is 18.5 Å². The zero-order valence-electron chi connectivity index (χ0n) is 18.4. The summed E-state index contributed by atoms with van der Waals surface area (Å²) >= 11 is 0. The molecule has 5 nitrogen and oxygen atoms in total. The molecule has 2 aliphatic heterocycles. The topological polar surface area (TPSA) is 66.8 Å². The molecule has 5 rings (SSSR count). The lowest BCUT2D eigenvalue weighted by atomic mass is 9.94. The zero-order valence-corrected chi connectivity index (χ0v) is 18.4. The molecule has 1 fully saturated rings. The van der Waals surface area contributed by atoms with Gasteiger partial charge < -0.3 is 14.7 Å². The van der Waals surface area contributed by atoms with Gasteiger partial charge in [0.2, 0.25) is 0 Å². The maximum absolute atomic E-state index is 13.2. The van der Waals surface area contributed by atoms with Gasteiger partial charge in [0.1, 0.15) is 17.6 Å². The lowest BCUT2D eigenvalue weighted by Gasteiger charge is -2.25. The van der Waals surface area contributed by atoms with Gasteiger partial charge in [-0.2, -0.15) is 0 Å². The molecular weight excluding hydrogens is 414 g/mol. The summed E-state index contributed by atoms with van der Waals surface area (Å²) in [5.74, 6) is -0.590. The average molecular weight is 440 g/mol. The number of ether oxygens (including phenoxy) is 1. The van der Waals surface area contributed by atoms with Crippen LogP contribution in [-0.4, -0.2) is 34.3 Å². The first-order chi connectivity index (χ1) is 16.0. The second kappa shape index (κ2) is 8.58. The van der Waals surface area contributed by atoms with Crippen LogP contribution in [-0.2, 0) is 22.4 Å². The van der Waals surface area contributed by atoms with E-state index in [1.165, 1.54) is 0 Å². The summed E-state index contributed by atoms with van der Waals surface area (Å²) < 4.78 is 5.76. The largest absolute Gasteiger partial charge is 0.507 e. The number of amides is 1. The van der Waals surface area contributed by atoms with Crippen molar-refractivity contribution in [3.8, 4) is 5.75 Å². The number of carbonyl (C=O) groups excluding carboxylic acids is 2. The predicted octanol–water partition coefficient (Wildman–Crippen LogP) is 4.67. The Morgan fingerprint density at radius 1 is 1.00 bits per heavy atom. The molecule has 3 aromatic carbocycles. The van der Waals surface area contributed by atoms with Crippen LogP contribution >= 0.6 is 0 Å². The predicted molar refractivity (Wildman–Crippen MR) is 126 cm³/mol. The molecule has 33 heavy (non-hydrogen) atoms. The molecule has 0 radical (unpaired) electrons. The normalized spacial score (nSPS) is 21.2. The molecule has 2 heterocycles. The van der Waals surface area contributed by atoms with E-state index < -0.39 is 17.7 Å². The Morgan fingerprint density at radius 2 is 1.70 bits per heavy atom. The van der Waals surface area contributed by atoms with Crippen LogP contribution in [0, 0.1) is 0 Å². The highest BCUT2D eigenvalue weighted by Gasteiger charge is 2.45. The van der Waals surface area contributed by atoms with Gasteiger partial charge in [-0.05, 0) is 48.2 Å². The Balaban J connectivity index is 1.56. The number of carbonyl (C=O) groups is 2. The quantitative estimate of drug-likeness (QED) is 0.356. The molecule has 0 bridgehead atoms. The molecule has 1 amide bonds. The van der Waals surface area contributed by atoms with Gasteiger partial charge in [0.05, 0.1) is 11.6 Å². The van der Waals surface area contributed by atoms with Crippen LogP contribution in [0.1, 0.15) is 35.2 Å². The molecule has 1 saturated heterocycles. The van der Waals surface area contributed by atoms with E-state index >= 15 is 0 Å². The Labute approximate surface area is 192 Å². The number of aliphatic hydroxyl groups is 1. The molecule has 0 aromatic heterocycles. The number of hydrogen-bond acceptors (Lipinski definition) is 4. The molecule has 166 valence electrons. The highest BCUT2D eigenvalue weighted by Crippen LogP contribution is 2.40. The highest BCUT2D eigenvalue weighted by molar-refractivity contribution is 6.46. The number of Topliss-reactive ketones (excluding diaryl/α,β-unsaturated/α-hetero) is 1. The maximum Gasteiger partial charge on any atom is 0.295 e. The van der Waals surface area contributed by atoms with Crippen LogP contribution in [0.5, 0.6) is 5.75 Å². The van der Waals surface area contributed by atoms with Gasteiger partial charge in [-0.25, -0.2) is 0 Å². The third-order valence-corrected chi connectivity index (χ3v) is 6.31. The standard InChI is InChI=1S/C28H25NO4/c1-18-16-22-17-21(12-13-23(22)33-18)26(30)24-25(20-10-6-3-7-11-20)29(28(32)27(24)31)15-14-19-8-4-2-5-9-19/h2-13,17-18,25,30H,14-16H2,1H3/b26-24+. The fraction of sp³-hybridized carbons (Fsp3) is 0.214. The first kappa shape index (κ1) is 21.0. The summed E-state index contributed by atoms with van der Waals surface area (Å²) in [6, 6.07) is 24.0. The third kappa shape index (κ3) is 3.91. The van der Waals surface area contributed by atoms with Crippen molar-refractivity contribution in [3.05, 3.63) is 107 Å². The Kier molecular flexibility index (Phi) is 5.47. The molecule has 0 spiro atoms. The minimum Gasteiger partial charge on any atom is -0.507 e. The number of fused-ring (bicyclic) bond motifs is 1. The zero-order chi connectivity index (χ0) is 22.9. The van der Waals surface area contributed by atoms with Crippen LogP contribution in [0.25, 0.3) is 5.76 Å². The van der Waals surface area contributed by atoms with E-state index in [1.54, 1.807) is 11.0 Å². The number of nitrogens with zero attached hydrogens (tertiary/aromatic N) is 1. The Morgan fingerprint density at radius 3 is 2.42 bits per heavy atom. The molecule has 2 atom stereocenters. The van der Waals surface area contributed by atoms with Crippen LogP contribution in [0.2, 0.25) is 0 Å². The first-order valence-electron chi connectivity index (χ1n) is 11.2. The maximum atomic E-state index is 13.2. The Bertz CT molecular complexity index is 1230. The van der Waals surface area contributed by atoms with Gasteiger partial charge in [-0.3, -0.25) is 9.59 Å². The van der Waals surface area contributed by atoms with Crippen molar-refractivity contribution in [3.63, 3.8) is 0 Å². The average Bonchev–Trinajstić information content (AvgIpc) is 3.34.